The molecule has 0 spiro atoms. The van der Waals surface area contributed by atoms with Crippen molar-refractivity contribution >= 4 is 28.3 Å². The molecule has 9 heteroatoms. The van der Waals surface area contributed by atoms with Crippen LogP contribution in [0.25, 0.3) is 11.0 Å². The Labute approximate surface area is 211 Å². The highest BCUT2D eigenvalue weighted by atomic mass is 16.5. The van der Waals surface area contributed by atoms with Crippen LogP contribution >= 0.6 is 0 Å². The van der Waals surface area contributed by atoms with Gasteiger partial charge in [0, 0.05) is 55.8 Å². The fraction of sp³-hybridized carbons (Fsp3) is 0.519. The molecule has 2 aromatic heterocycles. The van der Waals surface area contributed by atoms with Crippen molar-refractivity contribution in [2.45, 2.75) is 58.1 Å². The summed E-state index contributed by atoms with van der Waals surface area (Å²) in [6, 6.07) is 6.24. The second-order valence-electron chi connectivity index (χ2n) is 10.0. The van der Waals surface area contributed by atoms with Crippen molar-refractivity contribution in [1.29, 1.82) is 0 Å². The van der Waals surface area contributed by atoms with E-state index in [0.717, 1.165) is 74.5 Å². The van der Waals surface area contributed by atoms with Crippen LogP contribution in [0.3, 0.4) is 0 Å². The highest BCUT2D eigenvalue weighted by molar-refractivity contribution is 5.94. The zero-order chi connectivity index (χ0) is 24.9. The van der Waals surface area contributed by atoms with Gasteiger partial charge in [0.25, 0.3) is 0 Å². The summed E-state index contributed by atoms with van der Waals surface area (Å²) in [6.07, 6.45) is 9.27. The minimum atomic E-state index is 0.0576. The topological polar surface area (TPSA) is 102 Å². The molecule has 190 valence electrons. The predicted octanol–water partition coefficient (Wildman–Crippen LogP) is 4.29. The minimum absolute atomic E-state index is 0.0576. The van der Waals surface area contributed by atoms with Crippen LogP contribution in [0.5, 0.6) is 5.75 Å². The lowest BCUT2D eigenvalue weighted by atomic mass is 9.93. The Morgan fingerprint density at radius 2 is 1.83 bits per heavy atom. The number of hydrogen-bond donors (Lipinski definition) is 1. The molecule has 0 radical (unpaired) electrons. The Hall–Kier alpha value is -3.33. The first-order valence-electron chi connectivity index (χ1n) is 12.9. The van der Waals surface area contributed by atoms with Gasteiger partial charge < -0.3 is 19.7 Å². The number of morpholine rings is 1. The van der Waals surface area contributed by atoms with Gasteiger partial charge in [0.15, 0.2) is 5.78 Å². The van der Waals surface area contributed by atoms with Gasteiger partial charge in [-0.3, -0.25) is 9.78 Å². The van der Waals surface area contributed by atoms with Gasteiger partial charge in [-0.05, 0) is 37.7 Å². The Balaban J connectivity index is 1.22. The molecule has 1 saturated carbocycles. The molecule has 3 aromatic rings. The SMILES string of the molecule is CC(C)CC(=O)c1cc(NC2CCC(Oc3cc(N4CCOCC4)cc4nccnc34)CC2)ncn1. The monoisotopic (exact) mass is 490 g/mol. The summed E-state index contributed by atoms with van der Waals surface area (Å²) in [7, 11) is 0. The Bertz CT molecular complexity index is 1190. The third kappa shape index (κ3) is 5.90. The van der Waals surface area contributed by atoms with E-state index >= 15 is 0 Å². The Kier molecular flexibility index (Phi) is 7.55. The average molecular weight is 491 g/mol. The normalized spacial score (nSPS) is 20.5. The maximum atomic E-state index is 12.4. The molecule has 2 fully saturated rings. The van der Waals surface area contributed by atoms with E-state index < -0.39 is 0 Å². The smallest absolute Gasteiger partial charge is 0.181 e. The predicted molar refractivity (Wildman–Crippen MR) is 139 cm³/mol. The van der Waals surface area contributed by atoms with E-state index in [1.54, 1.807) is 18.5 Å². The molecule has 0 bridgehead atoms. The zero-order valence-corrected chi connectivity index (χ0v) is 21.0. The van der Waals surface area contributed by atoms with E-state index in [4.69, 9.17) is 9.47 Å². The molecule has 1 saturated heterocycles. The van der Waals surface area contributed by atoms with Gasteiger partial charge in [-0.25, -0.2) is 15.0 Å². The number of hydrogen-bond acceptors (Lipinski definition) is 9. The summed E-state index contributed by atoms with van der Waals surface area (Å²) >= 11 is 0. The fourth-order valence-corrected chi connectivity index (χ4v) is 4.90. The number of ketones is 1. The van der Waals surface area contributed by atoms with Gasteiger partial charge in [0.2, 0.25) is 0 Å². The molecule has 0 unspecified atom stereocenters. The van der Waals surface area contributed by atoms with Crippen LogP contribution < -0.4 is 15.0 Å². The first kappa shape index (κ1) is 24.4. The van der Waals surface area contributed by atoms with E-state index in [1.165, 1.54) is 6.33 Å². The first-order chi connectivity index (χ1) is 17.5. The molecular weight excluding hydrogens is 456 g/mol. The van der Waals surface area contributed by atoms with E-state index in [0.29, 0.717) is 23.9 Å². The van der Waals surface area contributed by atoms with Crippen LogP contribution in [-0.4, -0.2) is 64.2 Å². The molecule has 1 aliphatic heterocycles. The van der Waals surface area contributed by atoms with E-state index in [-0.39, 0.29) is 17.9 Å². The number of aromatic nitrogens is 4. The van der Waals surface area contributed by atoms with Crippen molar-refractivity contribution in [3.05, 3.63) is 42.6 Å². The molecule has 1 N–H and O–H groups in total. The summed E-state index contributed by atoms with van der Waals surface area (Å²) in [5.74, 6) is 1.86. The molecule has 5 rings (SSSR count). The van der Waals surface area contributed by atoms with Crippen molar-refractivity contribution < 1.29 is 14.3 Å². The largest absolute Gasteiger partial charge is 0.488 e. The molecule has 1 aliphatic carbocycles. The van der Waals surface area contributed by atoms with Crippen molar-refractivity contribution in [3.63, 3.8) is 0 Å². The zero-order valence-electron chi connectivity index (χ0n) is 21.0. The number of carbonyl (C=O) groups excluding carboxylic acids is 1. The van der Waals surface area contributed by atoms with Gasteiger partial charge in [0.1, 0.15) is 29.1 Å². The number of rotatable bonds is 8. The molecule has 36 heavy (non-hydrogen) atoms. The first-order valence-corrected chi connectivity index (χ1v) is 12.9. The molecule has 9 nitrogen and oxygen atoms in total. The highest BCUT2D eigenvalue weighted by Gasteiger charge is 2.25. The van der Waals surface area contributed by atoms with E-state index in [9.17, 15) is 4.79 Å². The van der Waals surface area contributed by atoms with Gasteiger partial charge in [0.05, 0.1) is 24.8 Å². The summed E-state index contributed by atoms with van der Waals surface area (Å²) in [5.41, 5.74) is 3.22. The summed E-state index contributed by atoms with van der Waals surface area (Å²) in [6.45, 7) is 7.24. The van der Waals surface area contributed by atoms with Crippen LogP contribution in [-0.2, 0) is 4.74 Å². The Morgan fingerprint density at radius 3 is 2.61 bits per heavy atom. The van der Waals surface area contributed by atoms with Crippen molar-refractivity contribution in [1.82, 2.24) is 19.9 Å². The van der Waals surface area contributed by atoms with Crippen LogP contribution in [0, 0.1) is 5.92 Å². The van der Waals surface area contributed by atoms with E-state index in [2.05, 4.69) is 42.3 Å². The standard InChI is InChI=1S/C27H34N6O3/c1-18(2)13-24(34)22-16-26(31-17-30-22)32-19-3-5-21(6-4-19)36-25-15-20(33-9-11-35-12-10-33)14-23-27(25)29-8-7-28-23/h7-8,14-19,21H,3-6,9-13H2,1-2H3,(H,30,31,32). The molecule has 3 heterocycles. The second kappa shape index (κ2) is 11.2. The van der Waals surface area contributed by atoms with Crippen molar-refractivity contribution in [3.8, 4) is 5.75 Å². The number of nitrogens with one attached hydrogen (secondary N) is 1. The van der Waals surface area contributed by atoms with Crippen LogP contribution in [0.2, 0.25) is 0 Å². The van der Waals surface area contributed by atoms with Gasteiger partial charge in [-0.2, -0.15) is 0 Å². The van der Waals surface area contributed by atoms with Crippen LogP contribution in [0.1, 0.15) is 56.4 Å². The minimum Gasteiger partial charge on any atom is -0.488 e. The number of carbonyl (C=O) groups is 1. The number of anilines is 2. The third-order valence-electron chi connectivity index (χ3n) is 6.77. The second-order valence-corrected chi connectivity index (χ2v) is 10.0. The average Bonchev–Trinajstić information content (AvgIpc) is 2.90. The van der Waals surface area contributed by atoms with Gasteiger partial charge in [-0.1, -0.05) is 13.8 Å². The number of nitrogens with zero attached hydrogens (tertiary/aromatic N) is 5. The third-order valence-corrected chi connectivity index (χ3v) is 6.77. The van der Waals surface area contributed by atoms with E-state index in [1.807, 2.05) is 13.8 Å². The van der Waals surface area contributed by atoms with Gasteiger partial charge >= 0.3 is 0 Å². The fourth-order valence-electron chi connectivity index (χ4n) is 4.90. The summed E-state index contributed by atoms with van der Waals surface area (Å²) in [5, 5.41) is 3.50. The Morgan fingerprint density at radius 1 is 1.06 bits per heavy atom. The van der Waals surface area contributed by atoms with Crippen LogP contribution in [0.4, 0.5) is 11.5 Å². The molecule has 0 atom stereocenters. The number of Topliss-reactive ketones (excluding diaryl/α,β-unsaturated/α-hetero) is 1. The van der Waals surface area contributed by atoms with Crippen LogP contribution in [0.15, 0.2) is 36.9 Å². The lowest BCUT2D eigenvalue weighted by Gasteiger charge is -2.31. The lowest BCUT2D eigenvalue weighted by Crippen LogP contribution is -2.36. The quantitative estimate of drug-likeness (QED) is 0.463. The van der Waals surface area contributed by atoms with Crippen molar-refractivity contribution in [2.75, 3.05) is 36.5 Å². The lowest BCUT2D eigenvalue weighted by molar-refractivity contribution is 0.0963. The van der Waals surface area contributed by atoms with Gasteiger partial charge in [-0.15, -0.1) is 0 Å². The maximum Gasteiger partial charge on any atom is 0.181 e. The van der Waals surface area contributed by atoms with Crippen molar-refractivity contribution in [2.24, 2.45) is 5.92 Å². The molecule has 2 aliphatic rings. The highest BCUT2D eigenvalue weighted by Crippen LogP contribution is 2.33. The number of ether oxygens (including phenoxy) is 2. The summed E-state index contributed by atoms with van der Waals surface area (Å²) in [4.78, 5) is 32.3. The summed E-state index contributed by atoms with van der Waals surface area (Å²) < 4.78 is 12.0. The molecule has 1 aromatic carbocycles. The number of benzene rings is 1. The number of fused-ring (bicyclic) bond motifs is 1. The molecule has 0 amide bonds. The molecular formula is C27H34N6O3. The maximum absolute atomic E-state index is 12.4.